The molecule has 96 valence electrons. The highest BCUT2D eigenvalue weighted by Crippen LogP contribution is 2.12. The van der Waals surface area contributed by atoms with Crippen LogP contribution in [0.25, 0.3) is 0 Å². The number of nitrogens with one attached hydrogen (secondary N) is 2. The molecule has 2 aromatic rings. The van der Waals surface area contributed by atoms with E-state index in [1.165, 1.54) is 0 Å². The lowest BCUT2D eigenvalue weighted by molar-refractivity contribution is -0.121. The Bertz CT molecular complexity index is 535. The van der Waals surface area contributed by atoms with E-state index in [0.29, 0.717) is 6.54 Å². The fourth-order valence-electron chi connectivity index (χ4n) is 1.40. The highest BCUT2D eigenvalue weighted by molar-refractivity contribution is 14.1. The summed E-state index contributed by atoms with van der Waals surface area (Å²) in [6.45, 7) is 0.811. The van der Waals surface area contributed by atoms with Gasteiger partial charge in [-0.25, -0.2) is 0 Å². The smallest absolute Gasteiger partial charge is 0.241 e. The average molecular weight is 360 g/mol. The number of aromatic nitrogens is 2. The van der Waals surface area contributed by atoms with Crippen LogP contribution in [-0.4, -0.2) is 22.7 Å². The van der Waals surface area contributed by atoms with Crippen LogP contribution in [0.5, 0.6) is 0 Å². The minimum absolute atomic E-state index is 0.0785. The van der Waals surface area contributed by atoms with Crippen LogP contribution < -0.4 is 10.6 Å². The van der Waals surface area contributed by atoms with Crippen molar-refractivity contribution < 1.29 is 9.21 Å². The molecule has 0 atom stereocenters. The SMILES string of the molecule is CNC(=O)Cn1cc(NCc2ccc(I)o2)cn1. The lowest BCUT2D eigenvalue weighted by Crippen LogP contribution is -2.23. The van der Waals surface area contributed by atoms with Crippen LogP contribution in [0, 0.1) is 3.77 Å². The molecule has 0 bridgehead atoms. The molecule has 0 fully saturated rings. The zero-order chi connectivity index (χ0) is 13.0. The minimum atomic E-state index is -0.0785. The fraction of sp³-hybridized carbons (Fsp3) is 0.273. The number of amides is 1. The third-order valence-electron chi connectivity index (χ3n) is 2.31. The quantitative estimate of drug-likeness (QED) is 0.792. The number of hydrogen-bond donors (Lipinski definition) is 2. The number of rotatable bonds is 5. The zero-order valence-electron chi connectivity index (χ0n) is 9.81. The van der Waals surface area contributed by atoms with Crippen molar-refractivity contribution >= 4 is 34.2 Å². The van der Waals surface area contributed by atoms with Gasteiger partial charge >= 0.3 is 0 Å². The summed E-state index contributed by atoms with van der Waals surface area (Å²) in [7, 11) is 1.60. The molecule has 0 aliphatic rings. The topological polar surface area (TPSA) is 72.1 Å². The maximum Gasteiger partial charge on any atom is 0.241 e. The van der Waals surface area contributed by atoms with Gasteiger partial charge in [-0.1, -0.05) is 0 Å². The van der Waals surface area contributed by atoms with Gasteiger partial charge in [-0.3, -0.25) is 9.48 Å². The maximum absolute atomic E-state index is 11.2. The predicted octanol–water partition coefficient (Wildman–Crippen LogP) is 1.44. The van der Waals surface area contributed by atoms with Gasteiger partial charge in [0.05, 0.1) is 18.4 Å². The number of hydrogen-bond acceptors (Lipinski definition) is 4. The van der Waals surface area contributed by atoms with E-state index >= 15 is 0 Å². The van der Waals surface area contributed by atoms with Crippen molar-refractivity contribution in [1.29, 1.82) is 0 Å². The van der Waals surface area contributed by atoms with Gasteiger partial charge < -0.3 is 15.1 Å². The van der Waals surface area contributed by atoms with Gasteiger partial charge in [-0.05, 0) is 34.7 Å². The summed E-state index contributed by atoms with van der Waals surface area (Å²) >= 11 is 2.12. The Hall–Kier alpha value is -1.51. The molecular formula is C11H13IN4O2. The lowest BCUT2D eigenvalue weighted by Gasteiger charge is -2.00. The van der Waals surface area contributed by atoms with Crippen molar-refractivity contribution in [3.05, 3.63) is 34.1 Å². The number of nitrogens with zero attached hydrogens (tertiary/aromatic N) is 2. The van der Waals surface area contributed by atoms with Gasteiger partial charge in [0, 0.05) is 13.2 Å². The Kier molecular flexibility index (Phi) is 4.24. The fourth-order valence-corrected chi connectivity index (χ4v) is 1.87. The van der Waals surface area contributed by atoms with Crippen molar-refractivity contribution in [2.24, 2.45) is 0 Å². The van der Waals surface area contributed by atoms with E-state index in [2.05, 4.69) is 38.3 Å². The molecule has 0 spiro atoms. The van der Waals surface area contributed by atoms with Crippen molar-refractivity contribution in [2.75, 3.05) is 12.4 Å². The van der Waals surface area contributed by atoms with Crippen LogP contribution in [0.4, 0.5) is 5.69 Å². The molecular weight excluding hydrogens is 347 g/mol. The molecule has 2 N–H and O–H groups in total. The number of halogens is 1. The summed E-state index contributed by atoms with van der Waals surface area (Å²) in [5.74, 6) is 0.781. The second-order valence-electron chi connectivity index (χ2n) is 3.66. The normalized spacial score (nSPS) is 10.3. The van der Waals surface area contributed by atoms with Gasteiger partial charge in [0.15, 0.2) is 3.77 Å². The Labute approximate surface area is 118 Å². The van der Waals surface area contributed by atoms with E-state index in [9.17, 15) is 4.79 Å². The third kappa shape index (κ3) is 3.49. The maximum atomic E-state index is 11.2. The molecule has 0 unspecified atom stereocenters. The van der Waals surface area contributed by atoms with E-state index < -0.39 is 0 Å². The first-order chi connectivity index (χ1) is 8.67. The number of furan rings is 1. The van der Waals surface area contributed by atoms with Crippen molar-refractivity contribution in [3.8, 4) is 0 Å². The molecule has 2 aromatic heterocycles. The molecule has 18 heavy (non-hydrogen) atoms. The molecule has 1 amide bonds. The molecule has 2 rings (SSSR count). The molecule has 0 radical (unpaired) electrons. The highest BCUT2D eigenvalue weighted by Gasteiger charge is 2.04. The average Bonchev–Trinajstić information content (AvgIpc) is 2.96. The highest BCUT2D eigenvalue weighted by atomic mass is 127. The van der Waals surface area contributed by atoms with E-state index in [4.69, 9.17) is 4.42 Å². The monoisotopic (exact) mass is 360 g/mol. The van der Waals surface area contributed by atoms with E-state index in [-0.39, 0.29) is 12.5 Å². The van der Waals surface area contributed by atoms with Gasteiger partial charge in [-0.2, -0.15) is 5.10 Å². The first kappa shape index (κ1) is 12.9. The van der Waals surface area contributed by atoms with E-state index in [1.54, 1.807) is 24.1 Å². The van der Waals surface area contributed by atoms with Crippen molar-refractivity contribution in [2.45, 2.75) is 13.1 Å². The van der Waals surface area contributed by atoms with Gasteiger partial charge in [0.25, 0.3) is 0 Å². The third-order valence-corrected chi connectivity index (χ3v) is 2.89. The van der Waals surface area contributed by atoms with Crippen molar-refractivity contribution in [3.63, 3.8) is 0 Å². The number of carbonyl (C=O) groups is 1. The number of likely N-dealkylation sites (N-methyl/N-ethyl adjacent to an activating group) is 1. The first-order valence-electron chi connectivity index (χ1n) is 5.38. The number of carbonyl (C=O) groups excluding carboxylic acids is 1. The summed E-state index contributed by atoms with van der Waals surface area (Å²) in [5.41, 5.74) is 0.852. The van der Waals surface area contributed by atoms with E-state index in [0.717, 1.165) is 15.2 Å². The Morgan fingerprint density at radius 1 is 1.56 bits per heavy atom. The molecule has 0 saturated heterocycles. The first-order valence-corrected chi connectivity index (χ1v) is 6.46. The lowest BCUT2D eigenvalue weighted by atomic mass is 10.4. The van der Waals surface area contributed by atoms with Crippen LogP contribution in [-0.2, 0) is 17.9 Å². The van der Waals surface area contributed by atoms with Crippen LogP contribution >= 0.6 is 22.6 Å². The van der Waals surface area contributed by atoms with Gasteiger partial charge in [0.1, 0.15) is 12.3 Å². The molecule has 7 heteroatoms. The summed E-state index contributed by atoms with van der Waals surface area (Å²) in [5, 5.41) is 9.80. The summed E-state index contributed by atoms with van der Waals surface area (Å²) in [4.78, 5) is 11.2. The predicted molar refractivity (Wildman–Crippen MR) is 75.0 cm³/mol. The molecule has 0 aliphatic heterocycles. The van der Waals surface area contributed by atoms with E-state index in [1.807, 2.05) is 12.1 Å². The molecule has 0 saturated carbocycles. The second-order valence-corrected chi connectivity index (χ2v) is 4.72. The van der Waals surface area contributed by atoms with Crippen LogP contribution in [0.1, 0.15) is 5.76 Å². The number of anilines is 1. The Morgan fingerprint density at radius 2 is 2.39 bits per heavy atom. The molecule has 2 heterocycles. The minimum Gasteiger partial charge on any atom is -0.454 e. The molecule has 6 nitrogen and oxygen atoms in total. The Balaban J connectivity index is 1.88. The van der Waals surface area contributed by atoms with Crippen molar-refractivity contribution in [1.82, 2.24) is 15.1 Å². The van der Waals surface area contributed by atoms with Gasteiger partial charge in [-0.15, -0.1) is 0 Å². The second kappa shape index (κ2) is 5.89. The molecule has 0 aromatic carbocycles. The standard InChI is InChI=1S/C11H13IN4O2/c1-13-11(17)7-16-6-8(4-15-16)14-5-9-2-3-10(12)18-9/h2-4,6,14H,5,7H2,1H3,(H,13,17). The van der Waals surface area contributed by atoms with Crippen LogP contribution in [0.2, 0.25) is 0 Å². The summed E-state index contributed by atoms with van der Waals surface area (Å²) < 4.78 is 7.86. The zero-order valence-corrected chi connectivity index (χ0v) is 12.0. The van der Waals surface area contributed by atoms with Crippen LogP contribution in [0.3, 0.4) is 0 Å². The largest absolute Gasteiger partial charge is 0.454 e. The molecule has 0 aliphatic carbocycles. The van der Waals surface area contributed by atoms with Gasteiger partial charge in [0.2, 0.25) is 5.91 Å². The Morgan fingerprint density at radius 3 is 3.06 bits per heavy atom. The summed E-state index contributed by atoms with van der Waals surface area (Å²) in [6, 6.07) is 3.83. The van der Waals surface area contributed by atoms with Crippen LogP contribution in [0.15, 0.2) is 28.9 Å². The summed E-state index contributed by atoms with van der Waals surface area (Å²) in [6.07, 6.45) is 3.46.